The van der Waals surface area contributed by atoms with Crippen LogP contribution < -0.4 is 5.43 Å². The van der Waals surface area contributed by atoms with Crippen molar-refractivity contribution in [2.24, 2.45) is 5.10 Å². The Labute approximate surface area is 146 Å². The van der Waals surface area contributed by atoms with Gasteiger partial charge in [0, 0.05) is 17.8 Å². The van der Waals surface area contributed by atoms with Crippen LogP contribution in [0.5, 0.6) is 0 Å². The zero-order valence-corrected chi connectivity index (χ0v) is 15.2. The van der Waals surface area contributed by atoms with Gasteiger partial charge in [-0.25, -0.2) is 4.98 Å². The highest BCUT2D eigenvalue weighted by Gasteiger charge is 2.09. The third-order valence-corrected chi connectivity index (χ3v) is 5.00. The van der Waals surface area contributed by atoms with Crippen LogP contribution in [0.1, 0.15) is 43.1 Å². The zero-order chi connectivity index (χ0) is 16.9. The van der Waals surface area contributed by atoms with Crippen LogP contribution in [0.2, 0.25) is 0 Å². The number of fused-ring (bicyclic) bond motifs is 1. The normalized spacial score (nSPS) is 11.6. The number of nitrogens with zero attached hydrogens (tertiary/aromatic N) is 4. The van der Waals surface area contributed by atoms with Gasteiger partial charge in [0.1, 0.15) is 0 Å². The van der Waals surface area contributed by atoms with Gasteiger partial charge in [-0.3, -0.25) is 10.1 Å². The first-order valence-electron chi connectivity index (χ1n) is 8.37. The average Bonchev–Trinajstić information content (AvgIpc) is 3.10. The van der Waals surface area contributed by atoms with Crippen molar-refractivity contribution < 1.29 is 0 Å². The first-order chi connectivity index (χ1) is 11.7. The van der Waals surface area contributed by atoms with Crippen LogP contribution in [0.25, 0.3) is 10.2 Å². The third kappa shape index (κ3) is 3.64. The quantitative estimate of drug-likeness (QED) is 0.383. The third-order valence-electron chi connectivity index (χ3n) is 4.06. The van der Waals surface area contributed by atoms with Gasteiger partial charge >= 0.3 is 0 Å². The molecule has 126 valence electrons. The number of benzene rings is 1. The summed E-state index contributed by atoms with van der Waals surface area (Å²) in [5, 5.41) is 9.79. The molecular formula is C18H23N5S. The maximum Gasteiger partial charge on any atom is 0.204 e. The highest BCUT2D eigenvalue weighted by Crippen LogP contribution is 2.25. The lowest BCUT2D eigenvalue weighted by atomic mass is 10.2. The molecule has 0 spiro atoms. The monoisotopic (exact) mass is 341 g/mol. The number of hydrogen-bond acceptors (Lipinski definition) is 5. The Balaban J connectivity index is 1.69. The van der Waals surface area contributed by atoms with Gasteiger partial charge < -0.3 is 0 Å². The molecule has 1 N–H and O–H groups in total. The lowest BCUT2D eigenvalue weighted by Crippen LogP contribution is -2.03. The summed E-state index contributed by atoms with van der Waals surface area (Å²) in [6.45, 7) is 7.32. The molecular weight excluding hydrogens is 318 g/mol. The van der Waals surface area contributed by atoms with Crippen molar-refractivity contribution in [1.82, 2.24) is 14.8 Å². The van der Waals surface area contributed by atoms with Crippen LogP contribution >= 0.6 is 11.3 Å². The topological polar surface area (TPSA) is 55.1 Å². The number of hydrazone groups is 1. The summed E-state index contributed by atoms with van der Waals surface area (Å²) in [7, 11) is 0. The minimum absolute atomic E-state index is 0.804. The molecule has 0 amide bonds. The molecule has 2 heterocycles. The molecule has 3 aromatic rings. The Kier molecular flexibility index (Phi) is 5.25. The Hall–Kier alpha value is -2.21. The summed E-state index contributed by atoms with van der Waals surface area (Å²) < 4.78 is 3.25. The molecule has 0 fully saturated rings. The molecule has 0 aliphatic rings. The van der Waals surface area contributed by atoms with Crippen molar-refractivity contribution in [1.29, 1.82) is 0 Å². The predicted molar refractivity (Wildman–Crippen MR) is 102 cm³/mol. The fourth-order valence-corrected chi connectivity index (χ4v) is 3.51. The fraction of sp³-hybridized carbons (Fsp3) is 0.389. The van der Waals surface area contributed by atoms with Crippen LogP contribution in [0.3, 0.4) is 0 Å². The molecule has 2 aromatic heterocycles. The van der Waals surface area contributed by atoms with Crippen LogP contribution in [0.4, 0.5) is 5.13 Å². The minimum Gasteiger partial charge on any atom is -0.269 e. The first-order valence-corrected chi connectivity index (χ1v) is 9.19. The molecule has 1 aromatic carbocycles. The van der Waals surface area contributed by atoms with Crippen molar-refractivity contribution in [2.75, 3.05) is 5.43 Å². The number of aryl methyl sites for hydroxylation is 2. The highest BCUT2D eigenvalue weighted by molar-refractivity contribution is 7.22. The van der Waals surface area contributed by atoms with Crippen molar-refractivity contribution in [3.05, 3.63) is 41.2 Å². The number of rotatable bonds is 7. The molecule has 6 heteroatoms. The van der Waals surface area contributed by atoms with E-state index >= 15 is 0 Å². The number of aromatic nitrogens is 3. The zero-order valence-electron chi connectivity index (χ0n) is 14.4. The van der Waals surface area contributed by atoms with E-state index in [9.17, 15) is 0 Å². The van der Waals surface area contributed by atoms with Crippen LogP contribution in [-0.4, -0.2) is 21.0 Å². The van der Waals surface area contributed by atoms with Gasteiger partial charge in [-0.1, -0.05) is 43.2 Å². The summed E-state index contributed by atoms with van der Waals surface area (Å²) in [6.07, 6.45) is 5.47. The molecule has 3 rings (SSSR count). The molecule has 0 bridgehead atoms. The van der Waals surface area contributed by atoms with E-state index in [2.05, 4.69) is 45.2 Å². The summed E-state index contributed by atoms with van der Waals surface area (Å²) in [5.74, 6) is 0. The van der Waals surface area contributed by atoms with E-state index < -0.39 is 0 Å². The van der Waals surface area contributed by atoms with Gasteiger partial charge in [0.2, 0.25) is 5.13 Å². The first kappa shape index (κ1) is 16.6. The summed E-state index contributed by atoms with van der Waals surface area (Å²) >= 11 is 1.60. The number of unbranched alkanes of at least 4 members (excludes halogenated alkanes) is 2. The van der Waals surface area contributed by atoms with E-state index in [-0.39, 0.29) is 0 Å². The van der Waals surface area contributed by atoms with Crippen LogP contribution in [0.15, 0.2) is 29.4 Å². The summed E-state index contributed by atoms with van der Waals surface area (Å²) in [6, 6.07) is 8.09. The molecule has 0 saturated carbocycles. The van der Waals surface area contributed by atoms with Gasteiger partial charge in [-0.05, 0) is 32.4 Å². The van der Waals surface area contributed by atoms with Crippen molar-refractivity contribution in [3.8, 4) is 0 Å². The molecule has 0 unspecified atom stereocenters. The maximum absolute atomic E-state index is 4.63. The standard InChI is InChI=1S/C18H23N5S/c1-4-5-8-11-23-14(3)15(13(2)22-23)12-19-21-18-20-16-9-6-7-10-17(16)24-18/h6-7,9-10,12H,4-5,8,11H2,1-3H3,(H,20,21). The minimum atomic E-state index is 0.804. The van der Waals surface area contributed by atoms with Crippen LogP contribution in [0, 0.1) is 13.8 Å². The molecule has 0 aliphatic carbocycles. The van der Waals surface area contributed by atoms with Gasteiger partial charge in [0.05, 0.1) is 22.1 Å². The SMILES string of the molecule is CCCCCn1nc(C)c(C=NNc2nc3ccccc3s2)c1C. The summed E-state index contributed by atoms with van der Waals surface area (Å²) in [5.41, 5.74) is 7.30. The molecule has 0 radical (unpaired) electrons. The number of thiazole rings is 1. The summed E-state index contributed by atoms with van der Waals surface area (Å²) in [4.78, 5) is 4.52. The van der Waals surface area contributed by atoms with E-state index in [4.69, 9.17) is 0 Å². The lowest BCUT2D eigenvalue weighted by molar-refractivity contribution is 0.540. The smallest absolute Gasteiger partial charge is 0.204 e. The maximum atomic E-state index is 4.63. The largest absolute Gasteiger partial charge is 0.269 e. The number of hydrogen-bond donors (Lipinski definition) is 1. The highest BCUT2D eigenvalue weighted by atomic mass is 32.1. The molecule has 0 atom stereocenters. The van der Waals surface area contributed by atoms with Crippen molar-refractivity contribution >= 4 is 32.9 Å². The predicted octanol–water partition coefficient (Wildman–Crippen LogP) is 4.75. The van der Waals surface area contributed by atoms with Crippen molar-refractivity contribution in [2.45, 2.75) is 46.6 Å². The Morgan fingerprint density at radius 3 is 2.88 bits per heavy atom. The average molecular weight is 341 g/mol. The van der Waals surface area contributed by atoms with E-state index in [1.54, 1.807) is 11.3 Å². The Morgan fingerprint density at radius 2 is 2.08 bits per heavy atom. The second-order valence-corrected chi connectivity index (χ2v) is 6.90. The lowest BCUT2D eigenvalue weighted by Gasteiger charge is -2.03. The number of para-hydroxylation sites is 1. The Bertz CT molecular complexity index is 813. The van der Waals surface area contributed by atoms with E-state index in [1.807, 2.05) is 31.3 Å². The second-order valence-electron chi connectivity index (χ2n) is 5.87. The van der Waals surface area contributed by atoms with E-state index in [0.29, 0.717) is 0 Å². The second kappa shape index (κ2) is 7.57. The number of nitrogens with one attached hydrogen (secondary N) is 1. The molecule has 5 nitrogen and oxygen atoms in total. The van der Waals surface area contributed by atoms with Gasteiger partial charge in [0.25, 0.3) is 0 Å². The molecule has 0 aliphatic heterocycles. The van der Waals surface area contributed by atoms with Crippen molar-refractivity contribution in [3.63, 3.8) is 0 Å². The molecule has 24 heavy (non-hydrogen) atoms. The van der Waals surface area contributed by atoms with E-state index in [1.165, 1.54) is 25.0 Å². The van der Waals surface area contributed by atoms with Crippen LogP contribution in [-0.2, 0) is 6.54 Å². The molecule has 0 saturated heterocycles. The Morgan fingerprint density at radius 1 is 1.25 bits per heavy atom. The fourth-order valence-electron chi connectivity index (χ4n) is 2.70. The van der Waals surface area contributed by atoms with Gasteiger partial charge in [-0.2, -0.15) is 10.2 Å². The van der Waals surface area contributed by atoms with Gasteiger partial charge in [-0.15, -0.1) is 0 Å². The number of anilines is 1. The van der Waals surface area contributed by atoms with E-state index in [0.717, 1.165) is 33.2 Å². The van der Waals surface area contributed by atoms with Gasteiger partial charge in [0.15, 0.2) is 0 Å².